The van der Waals surface area contributed by atoms with Gasteiger partial charge in [0.05, 0.1) is 16.1 Å². The summed E-state index contributed by atoms with van der Waals surface area (Å²) in [5.41, 5.74) is 6.91. The standard InChI is InChI=1S/C9H7NO2.C6H6N2O2.C2H6/c1-10-8(11)6-4-2-3-5-7(6)9(10)12;7-5-1-3-6(4-2-5)8(9)10;1-2/h2-5H,1H3;1-4H,7H2;1-2H3. The fraction of sp³-hybridized carbons (Fsp3) is 0.176. The summed E-state index contributed by atoms with van der Waals surface area (Å²) in [7, 11) is 1.49. The minimum Gasteiger partial charge on any atom is -0.399 e. The van der Waals surface area contributed by atoms with Gasteiger partial charge in [-0.2, -0.15) is 0 Å². The Bertz CT molecular complexity index is 707. The second-order valence-electron chi connectivity index (χ2n) is 4.56. The molecule has 0 aromatic heterocycles. The van der Waals surface area contributed by atoms with Crippen molar-refractivity contribution in [2.24, 2.45) is 0 Å². The number of benzene rings is 2. The molecule has 0 unspecified atom stereocenters. The molecule has 126 valence electrons. The molecule has 0 atom stereocenters. The highest BCUT2D eigenvalue weighted by molar-refractivity contribution is 6.21. The van der Waals surface area contributed by atoms with Gasteiger partial charge in [-0.05, 0) is 24.3 Å². The smallest absolute Gasteiger partial charge is 0.269 e. The molecule has 1 heterocycles. The first-order valence-corrected chi connectivity index (χ1v) is 7.33. The molecule has 7 heteroatoms. The number of nitro benzene ring substituents is 1. The second-order valence-corrected chi connectivity index (χ2v) is 4.56. The third-order valence-corrected chi connectivity index (χ3v) is 3.10. The number of fused-ring (bicyclic) bond motifs is 1. The number of nitrogens with zero attached hydrogens (tertiary/aromatic N) is 2. The average Bonchev–Trinajstić information content (AvgIpc) is 2.83. The third kappa shape index (κ3) is 4.16. The molecule has 2 N–H and O–H groups in total. The zero-order valence-electron chi connectivity index (χ0n) is 13.7. The monoisotopic (exact) mass is 329 g/mol. The van der Waals surface area contributed by atoms with Gasteiger partial charge in [-0.15, -0.1) is 0 Å². The van der Waals surface area contributed by atoms with E-state index in [0.717, 1.165) is 4.90 Å². The molecule has 1 aliphatic heterocycles. The van der Waals surface area contributed by atoms with E-state index in [4.69, 9.17) is 5.73 Å². The number of rotatable bonds is 1. The average molecular weight is 329 g/mol. The van der Waals surface area contributed by atoms with Crippen molar-refractivity contribution < 1.29 is 14.5 Å². The maximum absolute atomic E-state index is 11.3. The Morgan fingerprint density at radius 3 is 1.71 bits per heavy atom. The van der Waals surface area contributed by atoms with Crippen LogP contribution >= 0.6 is 0 Å². The van der Waals surface area contributed by atoms with Crippen molar-refractivity contribution in [2.75, 3.05) is 12.8 Å². The Hall–Kier alpha value is -3.22. The van der Waals surface area contributed by atoms with Crippen LogP contribution in [-0.2, 0) is 0 Å². The van der Waals surface area contributed by atoms with Crippen LogP contribution in [-0.4, -0.2) is 28.7 Å². The molecule has 0 aliphatic carbocycles. The molecular weight excluding hydrogens is 310 g/mol. The van der Waals surface area contributed by atoms with Crippen molar-refractivity contribution in [1.82, 2.24) is 4.90 Å². The van der Waals surface area contributed by atoms with E-state index in [0.29, 0.717) is 16.8 Å². The number of hydrogen-bond donors (Lipinski definition) is 1. The van der Waals surface area contributed by atoms with Crippen molar-refractivity contribution in [1.29, 1.82) is 0 Å². The Kier molecular flexibility index (Phi) is 6.61. The van der Waals surface area contributed by atoms with Crippen molar-refractivity contribution in [3.63, 3.8) is 0 Å². The largest absolute Gasteiger partial charge is 0.399 e. The van der Waals surface area contributed by atoms with Crippen molar-refractivity contribution in [2.45, 2.75) is 13.8 Å². The number of imide groups is 1. The fourth-order valence-corrected chi connectivity index (χ4v) is 1.91. The quantitative estimate of drug-likeness (QED) is 0.374. The van der Waals surface area contributed by atoms with Gasteiger partial charge < -0.3 is 5.73 Å². The lowest BCUT2D eigenvalue weighted by Gasteiger charge is -2.02. The molecule has 3 rings (SSSR count). The van der Waals surface area contributed by atoms with Gasteiger partial charge in [0, 0.05) is 24.9 Å². The molecule has 0 spiro atoms. The number of carbonyl (C=O) groups is 2. The van der Waals surface area contributed by atoms with E-state index in [1.165, 1.54) is 31.3 Å². The summed E-state index contributed by atoms with van der Waals surface area (Å²) in [6.07, 6.45) is 0. The van der Waals surface area contributed by atoms with Crippen molar-refractivity contribution in [3.8, 4) is 0 Å². The molecule has 0 saturated carbocycles. The maximum Gasteiger partial charge on any atom is 0.269 e. The lowest BCUT2D eigenvalue weighted by Crippen LogP contribution is -2.24. The van der Waals surface area contributed by atoms with Gasteiger partial charge in [-0.1, -0.05) is 26.0 Å². The fourth-order valence-electron chi connectivity index (χ4n) is 1.91. The lowest BCUT2D eigenvalue weighted by molar-refractivity contribution is -0.384. The summed E-state index contributed by atoms with van der Waals surface area (Å²) < 4.78 is 0. The van der Waals surface area contributed by atoms with E-state index in [9.17, 15) is 19.7 Å². The van der Waals surface area contributed by atoms with Crippen LogP contribution in [0.1, 0.15) is 34.6 Å². The van der Waals surface area contributed by atoms with Crippen LogP contribution in [0.15, 0.2) is 48.5 Å². The summed E-state index contributed by atoms with van der Waals surface area (Å²) in [6.45, 7) is 4.00. The number of non-ortho nitro benzene ring substituents is 1. The van der Waals surface area contributed by atoms with Crippen LogP contribution in [0, 0.1) is 10.1 Å². The zero-order valence-corrected chi connectivity index (χ0v) is 13.7. The van der Waals surface area contributed by atoms with Crippen LogP contribution < -0.4 is 5.73 Å². The molecule has 0 radical (unpaired) electrons. The van der Waals surface area contributed by atoms with Gasteiger partial charge in [-0.3, -0.25) is 24.6 Å². The summed E-state index contributed by atoms with van der Waals surface area (Å²) in [5.74, 6) is -0.425. The van der Waals surface area contributed by atoms with Crippen LogP contribution in [0.5, 0.6) is 0 Å². The van der Waals surface area contributed by atoms with Crippen LogP contribution in [0.4, 0.5) is 11.4 Å². The van der Waals surface area contributed by atoms with Crippen molar-refractivity contribution in [3.05, 3.63) is 69.8 Å². The summed E-state index contributed by atoms with van der Waals surface area (Å²) in [5, 5.41) is 10.1. The topological polar surface area (TPSA) is 107 Å². The minimum absolute atomic E-state index is 0.0641. The molecule has 0 fully saturated rings. The molecule has 2 aromatic carbocycles. The van der Waals surface area contributed by atoms with E-state index >= 15 is 0 Å². The Morgan fingerprint density at radius 2 is 1.33 bits per heavy atom. The maximum atomic E-state index is 11.3. The van der Waals surface area contributed by atoms with E-state index in [-0.39, 0.29) is 17.5 Å². The normalized spacial score (nSPS) is 11.7. The van der Waals surface area contributed by atoms with Gasteiger partial charge in [0.15, 0.2) is 0 Å². The van der Waals surface area contributed by atoms with Gasteiger partial charge in [0.2, 0.25) is 0 Å². The highest BCUT2D eigenvalue weighted by Crippen LogP contribution is 2.20. The second kappa shape index (κ2) is 8.42. The SMILES string of the molecule is CC.CN1C(=O)c2ccccc2C1=O.Nc1ccc([N+](=O)[O-])cc1. The zero-order chi connectivity index (χ0) is 18.3. The van der Waals surface area contributed by atoms with Gasteiger partial charge >= 0.3 is 0 Å². The molecule has 2 aromatic rings. The first kappa shape index (κ1) is 18.8. The van der Waals surface area contributed by atoms with E-state index < -0.39 is 4.92 Å². The molecule has 1 aliphatic rings. The Balaban J connectivity index is 0.000000221. The van der Waals surface area contributed by atoms with E-state index in [1.54, 1.807) is 24.3 Å². The summed E-state index contributed by atoms with van der Waals surface area (Å²) >= 11 is 0. The van der Waals surface area contributed by atoms with Gasteiger partial charge in [-0.25, -0.2) is 0 Å². The third-order valence-electron chi connectivity index (χ3n) is 3.10. The first-order valence-electron chi connectivity index (χ1n) is 7.33. The number of carbonyl (C=O) groups excluding carboxylic acids is 2. The van der Waals surface area contributed by atoms with Crippen LogP contribution in [0.3, 0.4) is 0 Å². The Morgan fingerprint density at radius 1 is 0.917 bits per heavy atom. The minimum atomic E-state index is -0.459. The molecule has 2 amide bonds. The van der Waals surface area contributed by atoms with Gasteiger partial charge in [0.25, 0.3) is 17.5 Å². The summed E-state index contributed by atoms with van der Waals surface area (Å²) in [4.78, 5) is 33.4. The molecule has 7 nitrogen and oxygen atoms in total. The molecule has 0 saturated heterocycles. The van der Waals surface area contributed by atoms with E-state index in [2.05, 4.69) is 0 Å². The molecule has 24 heavy (non-hydrogen) atoms. The number of nitrogen functional groups attached to an aromatic ring is 1. The van der Waals surface area contributed by atoms with Crippen LogP contribution in [0.2, 0.25) is 0 Å². The molecular formula is C17H19N3O4. The lowest BCUT2D eigenvalue weighted by atomic mass is 10.1. The number of anilines is 1. The van der Waals surface area contributed by atoms with Gasteiger partial charge in [0.1, 0.15) is 0 Å². The summed E-state index contributed by atoms with van der Waals surface area (Å²) in [6, 6.07) is 12.6. The first-order chi connectivity index (χ1) is 11.4. The number of nitrogens with two attached hydrogens (primary N) is 1. The predicted octanol–water partition coefficient (Wildman–Crippen LogP) is 3.12. The number of hydrogen-bond acceptors (Lipinski definition) is 5. The highest BCUT2D eigenvalue weighted by atomic mass is 16.6. The number of nitro groups is 1. The highest BCUT2D eigenvalue weighted by Gasteiger charge is 2.31. The molecule has 0 bridgehead atoms. The number of amides is 2. The van der Waals surface area contributed by atoms with Crippen molar-refractivity contribution >= 4 is 23.2 Å². The predicted molar refractivity (Wildman–Crippen MR) is 91.7 cm³/mol. The van der Waals surface area contributed by atoms with Crippen LogP contribution in [0.25, 0.3) is 0 Å². The van der Waals surface area contributed by atoms with E-state index in [1.807, 2.05) is 13.8 Å². The Labute approximate surface area is 139 Å².